The van der Waals surface area contributed by atoms with Crippen molar-refractivity contribution >= 4 is 11.0 Å². The Morgan fingerprint density at radius 1 is 1.27 bits per heavy atom. The number of aromatic amines is 1. The molecular formula is C12H10N2O. The fourth-order valence-electron chi connectivity index (χ4n) is 1.66. The Balaban J connectivity index is 2.22. The molecule has 2 heterocycles. The van der Waals surface area contributed by atoms with Gasteiger partial charge in [-0.15, -0.1) is 0 Å². The Kier molecular flexibility index (Phi) is 1.65. The summed E-state index contributed by atoms with van der Waals surface area (Å²) in [5.41, 5.74) is 4.25. The van der Waals surface area contributed by atoms with E-state index in [1.165, 1.54) is 5.56 Å². The predicted octanol–water partition coefficient (Wildman–Crippen LogP) is 3.13. The minimum Gasteiger partial charge on any atom is -0.472 e. The number of imidazole rings is 1. The van der Waals surface area contributed by atoms with E-state index in [0.717, 1.165) is 22.4 Å². The lowest BCUT2D eigenvalue weighted by Crippen LogP contribution is -1.74. The van der Waals surface area contributed by atoms with Gasteiger partial charge in [0.25, 0.3) is 0 Å². The molecule has 0 aliphatic carbocycles. The Labute approximate surface area is 86.8 Å². The summed E-state index contributed by atoms with van der Waals surface area (Å²) in [6.45, 7) is 2.07. The first kappa shape index (κ1) is 8.29. The SMILES string of the molecule is Cc1ccc2nc(-c3ccoc3)[nH]c2c1. The molecule has 1 aromatic carbocycles. The van der Waals surface area contributed by atoms with Crippen LogP contribution in [-0.2, 0) is 0 Å². The standard InChI is InChI=1S/C12H10N2O/c1-8-2-3-10-11(6-8)14-12(13-10)9-4-5-15-7-9/h2-7H,1H3,(H,13,14). The number of hydrogen-bond donors (Lipinski definition) is 1. The molecule has 0 saturated carbocycles. The van der Waals surface area contributed by atoms with Gasteiger partial charge in [-0.1, -0.05) is 6.07 Å². The fraction of sp³-hybridized carbons (Fsp3) is 0.0833. The van der Waals surface area contributed by atoms with Crippen molar-refractivity contribution < 1.29 is 4.42 Å². The molecule has 3 nitrogen and oxygen atoms in total. The van der Waals surface area contributed by atoms with Crippen molar-refractivity contribution in [2.45, 2.75) is 6.92 Å². The zero-order valence-corrected chi connectivity index (χ0v) is 8.32. The molecule has 0 unspecified atom stereocenters. The van der Waals surface area contributed by atoms with Gasteiger partial charge in [0, 0.05) is 0 Å². The lowest BCUT2D eigenvalue weighted by molar-refractivity contribution is 0.568. The van der Waals surface area contributed by atoms with Gasteiger partial charge in [-0.25, -0.2) is 4.98 Å². The quantitative estimate of drug-likeness (QED) is 0.652. The van der Waals surface area contributed by atoms with Crippen molar-refractivity contribution in [3.8, 4) is 11.4 Å². The lowest BCUT2D eigenvalue weighted by atomic mass is 10.2. The summed E-state index contributed by atoms with van der Waals surface area (Å²) in [6.07, 6.45) is 3.33. The van der Waals surface area contributed by atoms with Crippen LogP contribution in [0.4, 0.5) is 0 Å². The van der Waals surface area contributed by atoms with Crippen LogP contribution in [0.25, 0.3) is 22.4 Å². The number of aryl methyl sites for hydroxylation is 1. The highest BCUT2D eigenvalue weighted by Gasteiger charge is 2.05. The number of nitrogens with zero attached hydrogens (tertiary/aromatic N) is 1. The van der Waals surface area contributed by atoms with Crippen LogP contribution < -0.4 is 0 Å². The highest BCUT2D eigenvalue weighted by atomic mass is 16.3. The molecule has 3 aromatic rings. The van der Waals surface area contributed by atoms with E-state index in [9.17, 15) is 0 Å². The first-order valence-corrected chi connectivity index (χ1v) is 4.82. The number of rotatable bonds is 1. The van der Waals surface area contributed by atoms with Crippen LogP contribution in [0.5, 0.6) is 0 Å². The summed E-state index contributed by atoms with van der Waals surface area (Å²) in [7, 11) is 0. The minimum atomic E-state index is 0.851. The Hall–Kier alpha value is -2.03. The van der Waals surface area contributed by atoms with Gasteiger partial charge in [-0.3, -0.25) is 0 Å². The Morgan fingerprint density at radius 2 is 2.20 bits per heavy atom. The zero-order chi connectivity index (χ0) is 10.3. The van der Waals surface area contributed by atoms with Crippen LogP contribution in [0, 0.1) is 6.92 Å². The number of hydrogen-bond acceptors (Lipinski definition) is 2. The Bertz CT molecular complexity index is 593. The van der Waals surface area contributed by atoms with E-state index in [4.69, 9.17) is 4.42 Å². The number of furan rings is 1. The van der Waals surface area contributed by atoms with Gasteiger partial charge in [-0.05, 0) is 30.7 Å². The first-order valence-electron chi connectivity index (χ1n) is 4.82. The maximum Gasteiger partial charge on any atom is 0.141 e. The number of aromatic nitrogens is 2. The second-order valence-corrected chi connectivity index (χ2v) is 3.62. The number of H-pyrrole nitrogens is 1. The zero-order valence-electron chi connectivity index (χ0n) is 8.32. The first-order chi connectivity index (χ1) is 7.33. The summed E-state index contributed by atoms with van der Waals surface area (Å²) < 4.78 is 5.03. The molecule has 74 valence electrons. The van der Waals surface area contributed by atoms with Crippen molar-refractivity contribution in [2.75, 3.05) is 0 Å². The molecule has 0 aliphatic rings. The monoisotopic (exact) mass is 198 g/mol. The third kappa shape index (κ3) is 1.32. The van der Waals surface area contributed by atoms with Crippen molar-refractivity contribution in [1.29, 1.82) is 0 Å². The van der Waals surface area contributed by atoms with Gasteiger partial charge < -0.3 is 9.40 Å². The largest absolute Gasteiger partial charge is 0.472 e. The summed E-state index contributed by atoms with van der Waals surface area (Å²) >= 11 is 0. The molecule has 0 aliphatic heterocycles. The van der Waals surface area contributed by atoms with Crippen LogP contribution >= 0.6 is 0 Å². The highest BCUT2D eigenvalue weighted by molar-refractivity contribution is 5.79. The number of benzene rings is 1. The van der Waals surface area contributed by atoms with E-state index in [1.807, 2.05) is 12.1 Å². The molecule has 0 amide bonds. The predicted molar refractivity (Wildman–Crippen MR) is 58.5 cm³/mol. The van der Waals surface area contributed by atoms with Crippen LogP contribution in [-0.4, -0.2) is 9.97 Å². The average molecular weight is 198 g/mol. The van der Waals surface area contributed by atoms with E-state index < -0.39 is 0 Å². The summed E-state index contributed by atoms with van der Waals surface area (Å²) in [5, 5.41) is 0. The smallest absolute Gasteiger partial charge is 0.141 e. The minimum absolute atomic E-state index is 0.851. The summed E-state index contributed by atoms with van der Waals surface area (Å²) in [6, 6.07) is 8.06. The van der Waals surface area contributed by atoms with Gasteiger partial charge in [0.1, 0.15) is 12.1 Å². The molecule has 0 fully saturated rings. The molecule has 0 radical (unpaired) electrons. The molecule has 0 spiro atoms. The van der Waals surface area contributed by atoms with E-state index in [0.29, 0.717) is 0 Å². The third-order valence-corrected chi connectivity index (χ3v) is 2.43. The fourth-order valence-corrected chi connectivity index (χ4v) is 1.66. The Morgan fingerprint density at radius 3 is 3.00 bits per heavy atom. The van der Waals surface area contributed by atoms with Crippen LogP contribution in [0.3, 0.4) is 0 Å². The molecule has 0 saturated heterocycles. The van der Waals surface area contributed by atoms with Gasteiger partial charge >= 0.3 is 0 Å². The third-order valence-electron chi connectivity index (χ3n) is 2.43. The molecule has 0 bridgehead atoms. The number of nitrogens with one attached hydrogen (secondary N) is 1. The maximum atomic E-state index is 5.03. The van der Waals surface area contributed by atoms with Crippen molar-refractivity contribution in [1.82, 2.24) is 9.97 Å². The molecule has 1 N–H and O–H groups in total. The molecule has 15 heavy (non-hydrogen) atoms. The van der Waals surface area contributed by atoms with Gasteiger partial charge in [-0.2, -0.15) is 0 Å². The topological polar surface area (TPSA) is 41.8 Å². The van der Waals surface area contributed by atoms with E-state index in [1.54, 1.807) is 12.5 Å². The maximum absolute atomic E-state index is 5.03. The molecular weight excluding hydrogens is 188 g/mol. The molecule has 2 aromatic heterocycles. The van der Waals surface area contributed by atoms with Crippen LogP contribution in [0.2, 0.25) is 0 Å². The van der Waals surface area contributed by atoms with Crippen LogP contribution in [0.1, 0.15) is 5.56 Å². The lowest BCUT2D eigenvalue weighted by Gasteiger charge is -1.89. The second-order valence-electron chi connectivity index (χ2n) is 3.62. The van der Waals surface area contributed by atoms with Crippen LogP contribution in [0.15, 0.2) is 41.2 Å². The van der Waals surface area contributed by atoms with E-state index >= 15 is 0 Å². The van der Waals surface area contributed by atoms with Crippen molar-refractivity contribution in [3.63, 3.8) is 0 Å². The van der Waals surface area contributed by atoms with Gasteiger partial charge in [0.15, 0.2) is 0 Å². The second kappa shape index (κ2) is 2.98. The summed E-state index contributed by atoms with van der Waals surface area (Å²) in [4.78, 5) is 7.75. The molecule has 0 atom stereocenters. The number of fused-ring (bicyclic) bond motifs is 1. The van der Waals surface area contributed by atoms with E-state index in [2.05, 4.69) is 29.0 Å². The average Bonchev–Trinajstić information content (AvgIpc) is 2.84. The highest BCUT2D eigenvalue weighted by Crippen LogP contribution is 2.21. The molecule has 3 heteroatoms. The normalized spacial score (nSPS) is 11.0. The van der Waals surface area contributed by atoms with Gasteiger partial charge in [0.05, 0.1) is 22.9 Å². The van der Waals surface area contributed by atoms with Gasteiger partial charge in [0.2, 0.25) is 0 Å². The van der Waals surface area contributed by atoms with Crippen molar-refractivity contribution in [2.24, 2.45) is 0 Å². The molecule has 3 rings (SSSR count). The van der Waals surface area contributed by atoms with E-state index in [-0.39, 0.29) is 0 Å². The van der Waals surface area contributed by atoms with Crippen molar-refractivity contribution in [3.05, 3.63) is 42.4 Å². The summed E-state index contributed by atoms with van der Waals surface area (Å²) in [5.74, 6) is 0.851.